The average molecular weight is 494 g/mol. The summed E-state index contributed by atoms with van der Waals surface area (Å²) >= 11 is 0. The SMILES string of the molecule is C[C@H]1CN(C(=O)OC(C)(C)C)CCN1C(=O)c1ccc2cc(C(=N)C3=C(N)CC(C)(C)CC3)[nH]c2c1. The Bertz CT molecular complexity index is 1230. The zero-order valence-corrected chi connectivity index (χ0v) is 22.3. The highest BCUT2D eigenvalue weighted by Crippen LogP contribution is 2.38. The van der Waals surface area contributed by atoms with Crippen LogP contribution >= 0.6 is 0 Å². The monoisotopic (exact) mass is 493 g/mol. The van der Waals surface area contributed by atoms with Crippen LogP contribution < -0.4 is 5.73 Å². The van der Waals surface area contributed by atoms with Crippen molar-refractivity contribution in [3.05, 3.63) is 46.8 Å². The molecule has 1 fully saturated rings. The van der Waals surface area contributed by atoms with Crippen molar-refractivity contribution >= 4 is 28.6 Å². The molecule has 194 valence electrons. The van der Waals surface area contributed by atoms with Gasteiger partial charge in [-0.05, 0) is 76.1 Å². The van der Waals surface area contributed by atoms with Crippen LogP contribution in [0.1, 0.15) is 76.9 Å². The number of nitrogens with one attached hydrogen (secondary N) is 2. The molecule has 0 spiro atoms. The summed E-state index contributed by atoms with van der Waals surface area (Å²) in [5.41, 5.74) is 10.2. The summed E-state index contributed by atoms with van der Waals surface area (Å²) in [6.45, 7) is 13.2. The summed E-state index contributed by atoms with van der Waals surface area (Å²) in [5, 5.41) is 9.71. The van der Waals surface area contributed by atoms with Gasteiger partial charge in [0.2, 0.25) is 0 Å². The van der Waals surface area contributed by atoms with Crippen LogP contribution in [0.4, 0.5) is 4.79 Å². The lowest BCUT2D eigenvalue weighted by Gasteiger charge is -2.40. The highest BCUT2D eigenvalue weighted by atomic mass is 16.6. The van der Waals surface area contributed by atoms with Gasteiger partial charge in [0.05, 0.1) is 11.4 Å². The second kappa shape index (κ2) is 9.30. The molecule has 1 saturated heterocycles. The first kappa shape index (κ1) is 25.8. The van der Waals surface area contributed by atoms with Crippen LogP contribution in [0.15, 0.2) is 35.5 Å². The molecule has 4 N–H and O–H groups in total. The summed E-state index contributed by atoms with van der Waals surface area (Å²) in [6, 6.07) is 7.42. The van der Waals surface area contributed by atoms with Gasteiger partial charge in [0.15, 0.2) is 0 Å². The van der Waals surface area contributed by atoms with Crippen LogP contribution in [0.5, 0.6) is 0 Å². The number of ether oxygens (including phenoxy) is 1. The summed E-state index contributed by atoms with van der Waals surface area (Å²) in [6.07, 6.45) is 2.25. The Morgan fingerprint density at radius 1 is 1.19 bits per heavy atom. The Hall–Kier alpha value is -3.29. The van der Waals surface area contributed by atoms with Crippen molar-refractivity contribution < 1.29 is 14.3 Å². The number of hydrogen-bond acceptors (Lipinski definition) is 5. The summed E-state index contributed by atoms with van der Waals surface area (Å²) in [7, 11) is 0. The van der Waals surface area contributed by atoms with E-state index < -0.39 is 5.60 Å². The number of amides is 2. The zero-order valence-electron chi connectivity index (χ0n) is 22.3. The van der Waals surface area contributed by atoms with Gasteiger partial charge in [-0.15, -0.1) is 0 Å². The number of fused-ring (bicyclic) bond motifs is 1. The molecule has 8 heteroatoms. The molecule has 2 heterocycles. The number of rotatable bonds is 3. The fraction of sp³-hybridized carbons (Fsp3) is 0.536. The van der Waals surface area contributed by atoms with Crippen molar-refractivity contribution in [1.29, 1.82) is 5.41 Å². The Morgan fingerprint density at radius 3 is 2.56 bits per heavy atom. The van der Waals surface area contributed by atoms with E-state index in [-0.39, 0.29) is 23.5 Å². The lowest BCUT2D eigenvalue weighted by atomic mass is 9.75. The summed E-state index contributed by atoms with van der Waals surface area (Å²) in [4.78, 5) is 32.6. The number of hydrogen-bond donors (Lipinski definition) is 3. The minimum Gasteiger partial charge on any atom is -0.444 e. The number of piperazine rings is 1. The summed E-state index contributed by atoms with van der Waals surface area (Å²) < 4.78 is 5.49. The highest BCUT2D eigenvalue weighted by Gasteiger charge is 2.33. The van der Waals surface area contributed by atoms with Crippen LogP contribution in [0, 0.1) is 10.8 Å². The van der Waals surface area contributed by atoms with Crippen molar-refractivity contribution in [3.8, 4) is 0 Å². The van der Waals surface area contributed by atoms with Crippen molar-refractivity contribution in [1.82, 2.24) is 14.8 Å². The molecule has 8 nitrogen and oxygen atoms in total. The molecule has 1 aromatic heterocycles. The van der Waals surface area contributed by atoms with Gasteiger partial charge in [0, 0.05) is 47.8 Å². The second-order valence-electron chi connectivity index (χ2n) is 12.0. The van der Waals surface area contributed by atoms with Gasteiger partial charge >= 0.3 is 6.09 Å². The van der Waals surface area contributed by atoms with Crippen LogP contribution in [0.3, 0.4) is 0 Å². The molecule has 0 radical (unpaired) electrons. The molecule has 0 saturated carbocycles. The molecular weight excluding hydrogens is 454 g/mol. The van der Waals surface area contributed by atoms with E-state index in [0.29, 0.717) is 36.6 Å². The molecule has 4 rings (SSSR count). The standard InChI is InChI=1S/C28H39N5O3/c1-17-16-32(26(35)36-27(2,3)4)11-12-33(17)25(34)19-8-7-18-13-23(31-22(18)14-19)24(30)20-9-10-28(5,6)15-21(20)29/h7-8,13-14,17,30-31H,9-12,15-16,29H2,1-6H3/t17-/m0/s1. The highest BCUT2D eigenvalue weighted by molar-refractivity contribution is 6.12. The van der Waals surface area contributed by atoms with Crippen molar-refractivity contribution in [2.24, 2.45) is 11.1 Å². The number of allylic oxidation sites excluding steroid dienone is 2. The number of aromatic amines is 1. The number of H-pyrrole nitrogens is 1. The fourth-order valence-electron chi connectivity index (χ4n) is 5.09. The zero-order chi connectivity index (χ0) is 26.4. The first-order chi connectivity index (χ1) is 16.7. The van der Waals surface area contributed by atoms with Crippen LogP contribution in [0.2, 0.25) is 0 Å². The largest absolute Gasteiger partial charge is 0.444 e. The van der Waals surface area contributed by atoms with Crippen LogP contribution in [-0.4, -0.2) is 63.8 Å². The average Bonchev–Trinajstić information content (AvgIpc) is 3.20. The third-order valence-electron chi connectivity index (χ3n) is 7.09. The molecule has 1 atom stereocenters. The number of carbonyl (C=O) groups is 2. The smallest absolute Gasteiger partial charge is 0.410 e. The normalized spacial score (nSPS) is 20.6. The molecule has 36 heavy (non-hydrogen) atoms. The van der Waals surface area contributed by atoms with Crippen molar-refractivity contribution in [3.63, 3.8) is 0 Å². The first-order valence-electron chi connectivity index (χ1n) is 12.7. The van der Waals surface area contributed by atoms with Gasteiger partial charge in [-0.1, -0.05) is 19.9 Å². The molecule has 2 amide bonds. The van der Waals surface area contributed by atoms with E-state index in [1.807, 2.05) is 56.9 Å². The van der Waals surface area contributed by atoms with E-state index in [0.717, 1.165) is 41.4 Å². The predicted octanol–water partition coefficient (Wildman–Crippen LogP) is 5.04. The topological polar surface area (TPSA) is 116 Å². The second-order valence-corrected chi connectivity index (χ2v) is 12.0. The lowest BCUT2D eigenvalue weighted by molar-refractivity contribution is 0.00617. The van der Waals surface area contributed by atoms with E-state index >= 15 is 0 Å². The predicted molar refractivity (Wildman–Crippen MR) is 142 cm³/mol. The number of benzene rings is 1. The Kier molecular flexibility index (Phi) is 6.66. The summed E-state index contributed by atoms with van der Waals surface area (Å²) in [5.74, 6) is -0.0686. The maximum absolute atomic E-state index is 13.4. The molecule has 0 bridgehead atoms. The molecule has 1 aromatic carbocycles. The third kappa shape index (κ3) is 5.42. The Balaban J connectivity index is 1.48. The molecule has 0 unspecified atom stereocenters. The maximum Gasteiger partial charge on any atom is 0.410 e. The Morgan fingerprint density at radius 2 is 1.92 bits per heavy atom. The number of nitrogens with two attached hydrogens (primary N) is 1. The van der Waals surface area contributed by atoms with Gasteiger partial charge in [0.25, 0.3) is 5.91 Å². The van der Waals surface area contributed by atoms with E-state index in [9.17, 15) is 9.59 Å². The van der Waals surface area contributed by atoms with Gasteiger partial charge in [-0.2, -0.15) is 0 Å². The molecule has 2 aromatic rings. The van der Waals surface area contributed by atoms with Gasteiger partial charge < -0.3 is 25.3 Å². The molecule has 1 aliphatic carbocycles. The fourth-order valence-corrected chi connectivity index (χ4v) is 5.09. The van der Waals surface area contributed by atoms with Crippen molar-refractivity contribution in [2.45, 2.75) is 72.4 Å². The van der Waals surface area contributed by atoms with E-state index in [1.54, 1.807) is 4.90 Å². The maximum atomic E-state index is 13.4. The Labute approximate surface area is 213 Å². The quantitative estimate of drug-likeness (QED) is 0.520. The van der Waals surface area contributed by atoms with Crippen LogP contribution in [-0.2, 0) is 4.74 Å². The first-order valence-corrected chi connectivity index (χ1v) is 12.7. The van der Waals surface area contributed by atoms with Gasteiger partial charge in [-0.25, -0.2) is 4.79 Å². The minimum absolute atomic E-state index is 0.0686. The van der Waals surface area contributed by atoms with E-state index in [1.165, 1.54) is 0 Å². The van der Waals surface area contributed by atoms with Gasteiger partial charge in [-0.3, -0.25) is 10.2 Å². The van der Waals surface area contributed by atoms with Crippen LogP contribution in [0.25, 0.3) is 10.9 Å². The molecule has 2 aliphatic rings. The molecule has 1 aliphatic heterocycles. The van der Waals surface area contributed by atoms with Crippen molar-refractivity contribution in [2.75, 3.05) is 19.6 Å². The lowest BCUT2D eigenvalue weighted by Crippen LogP contribution is -2.56. The van der Waals surface area contributed by atoms with E-state index in [2.05, 4.69) is 18.8 Å². The molecular formula is C28H39N5O3. The minimum atomic E-state index is -0.552. The number of carbonyl (C=O) groups excluding carboxylic acids is 2. The number of aromatic nitrogens is 1. The van der Waals surface area contributed by atoms with Gasteiger partial charge in [0.1, 0.15) is 5.60 Å². The number of nitrogens with zero attached hydrogens (tertiary/aromatic N) is 2. The third-order valence-corrected chi connectivity index (χ3v) is 7.09. The van der Waals surface area contributed by atoms with E-state index in [4.69, 9.17) is 15.9 Å².